The number of nitroso groups, excluding NO2 is 1. The molecule has 1 heterocycles. The normalized spacial score (nSPS) is 10.4. The monoisotopic (exact) mass is 227 g/mol. The number of hydrogen-bond acceptors (Lipinski definition) is 4. The molecule has 0 N–H and O–H groups in total. The maximum atomic E-state index is 10.2. The van der Waals surface area contributed by atoms with E-state index in [0.29, 0.717) is 11.0 Å². The van der Waals surface area contributed by atoms with Crippen LogP contribution < -0.4 is 0 Å². The summed E-state index contributed by atoms with van der Waals surface area (Å²) in [6.45, 7) is 0. The summed E-state index contributed by atoms with van der Waals surface area (Å²) >= 11 is 11.3. The number of hydrogen-bond donors (Lipinski definition) is 0. The molecule has 6 heteroatoms. The highest BCUT2D eigenvalue weighted by Crippen LogP contribution is 2.23. The van der Waals surface area contributed by atoms with Crippen molar-refractivity contribution in [2.24, 2.45) is 5.18 Å². The fourth-order valence-corrected chi connectivity index (χ4v) is 1.32. The summed E-state index contributed by atoms with van der Waals surface area (Å²) in [5, 5.41) is 3.04. The summed E-state index contributed by atoms with van der Waals surface area (Å²) in [7, 11) is 0. The van der Waals surface area contributed by atoms with Gasteiger partial charge in [0.15, 0.2) is 10.3 Å². The Bertz CT molecular complexity index is 515. The average Bonchev–Trinajstić information content (AvgIpc) is 2.19. The molecule has 0 aliphatic carbocycles. The molecule has 0 aliphatic rings. The van der Waals surface area contributed by atoms with Crippen LogP contribution in [0.3, 0.4) is 0 Å². The Balaban J connectivity index is 2.76. The van der Waals surface area contributed by atoms with Crippen molar-refractivity contribution in [3.63, 3.8) is 0 Å². The average molecular weight is 228 g/mol. The van der Waals surface area contributed by atoms with E-state index in [1.807, 2.05) is 0 Å². The smallest absolute Gasteiger partial charge is 0.167 e. The molecule has 0 saturated carbocycles. The van der Waals surface area contributed by atoms with Crippen molar-refractivity contribution in [1.82, 2.24) is 9.97 Å². The molecule has 0 amide bonds. The molecule has 0 spiro atoms. The molecule has 70 valence electrons. The molecule has 4 nitrogen and oxygen atoms in total. The first kappa shape index (κ1) is 9.30. The van der Waals surface area contributed by atoms with Crippen LogP contribution in [0.15, 0.2) is 23.4 Å². The molecule has 1 aromatic heterocycles. The molecule has 0 fully saturated rings. The van der Waals surface area contributed by atoms with Crippen molar-refractivity contribution in [3.05, 3.63) is 33.4 Å². The van der Waals surface area contributed by atoms with E-state index in [1.165, 1.54) is 12.1 Å². The van der Waals surface area contributed by atoms with Gasteiger partial charge in [0.05, 0.1) is 11.0 Å². The molecule has 2 aromatic rings. The Morgan fingerprint density at radius 3 is 2.36 bits per heavy atom. The van der Waals surface area contributed by atoms with Crippen molar-refractivity contribution in [1.29, 1.82) is 0 Å². The summed E-state index contributed by atoms with van der Waals surface area (Å²) in [5.41, 5.74) is 1.36. The second kappa shape index (κ2) is 3.48. The maximum Gasteiger partial charge on any atom is 0.167 e. The van der Waals surface area contributed by atoms with Crippen molar-refractivity contribution >= 4 is 39.9 Å². The van der Waals surface area contributed by atoms with Gasteiger partial charge in [0.25, 0.3) is 0 Å². The van der Waals surface area contributed by atoms with E-state index in [2.05, 4.69) is 15.1 Å². The van der Waals surface area contributed by atoms with Crippen LogP contribution in [0.4, 0.5) is 5.69 Å². The molecule has 2 rings (SSSR count). The second-order valence-corrected chi connectivity index (χ2v) is 3.29. The highest BCUT2D eigenvalue weighted by atomic mass is 35.5. The summed E-state index contributed by atoms with van der Waals surface area (Å²) in [4.78, 5) is 18.2. The van der Waals surface area contributed by atoms with Gasteiger partial charge < -0.3 is 0 Å². The first-order valence-electron chi connectivity index (χ1n) is 3.67. The summed E-state index contributed by atoms with van der Waals surface area (Å²) < 4.78 is 0. The van der Waals surface area contributed by atoms with Crippen molar-refractivity contribution in [2.75, 3.05) is 0 Å². The molecule has 0 unspecified atom stereocenters. The van der Waals surface area contributed by atoms with Crippen LogP contribution in [0.1, 0.15) is 0 Å². The van der Waals surface area contributed by atoms with Crippen molar-refractivity contribution in [3.8, 4) is 0 Å². The Kier molecular flexibility index (Phi) is 2.31. The molecular formula is C8H3Cl2N3O. The number of fused-ring (bicyclic) bond motifs is 1. The first-order valence-corrected chi connectivity index (χ1v) is 4.42. The molecule has 14 heavy (non-hydrogen) atoms. The van der Waals surface area contributed by atoms with Gasteiger partial charge in [-0.05, 0) is 23.4 Å². The van der Waals surface area contributed by atoms with Gasteiger partial charge in [-0.1, -0.05) is 23.2 Å². The van der Waals surface area contributed by atoms with Gasteiger partial charge in [0.1, 0.15) is 5.69 Å². The Morgan fingerprint density at radius 1 is 1.07 bits per heavy atom. The summed E-state index contributed by atoms with van der Waals surface area (Å²) in [5.74, 6) is 0. The van der Waals surface area contributed by atoms with Gasteiger partial charge in [0, 0.05) is 0 Å². The lowest BCUT2D eigenvalue weighted by atomic mass is 10.3. The van der Waals surface area contributed by atoms with Crippen molar-refractivity contribution in [2.45, 2.75) is 0 Å². The lowest BCUT2D eigenvalue weighted by Gasteiger charge is -1.98. The quantitative estimate of drug-likeness (QED) is 0.703. The molecule has 0 radical (unpaired) electrons. The van der Waals surface area contributed by atoms with Crippen LogP contribution in [0.5, 0.6) is 0 Å². The highest BCUT2D eigenvalue weighted by Gasteiger charge is 2.04. The molecule has 0 bridgehead atoms. The zero-order valence-electron chi connectivity index (χ0n) is 6.74. The fourth-order valence-electron chi connectivity index (χ4n) is 1.06. The van der Waals surface area contributed by atoms with Crippen LogP contribution in [-0.2, 0) is 0 Å². The zero-order valence-corrected chi connectivity index (χ0v) is 8.25. The Labute approximate surface area is 88.9 Å². The topological polar surface area (TPSA) is 55.2 Å². The molecule has 0 saturated heterocycles. The van der Waals surface area contributed by atoms with E-state index in [9.17, 15) is 4.91 Å². The number of nitrogens with zero attached hydrogens (tertiary/aromatic N) is 3. The van der Waals surface area contributed by atoms with Crippen molar-refractivity contribution < 1.29 is 0 Å². The molecule has 0 atom stereocenters. The second-order valence-electron chi connectivity index (χ2n) is 2.57. The van der Waals surface area contributed by atoms with Crippen LogP contribution >= 0.6 is 23.2 Å². The largest absolute Gasteiger partial charge is 0.231 e. The third kappa shape index (κ3) is 1.54. The minimum absolute atomic E-state index is 0.113. The maximum absolute atomic E-state index is 10.2. The van der Waals surface area contributed by atoms with Gasteiger partial charge in [-0.2, -0.15) is 0 Å². The van der Waals surface area contributed by atoms with E-state index in [-0.39, 0.29) is 16.0 Å². The number of rotatable bonds is 1. The van der Waals surface area contributed by atoms with Gasteiger partial charge in [-0.3, -0.25) is 0 Å². The highest BCUT2D eigenvalue weighted by molar-refractivity contribution is 6.40. The molecule has 1 aromatic carbocycles. The van der Waals surface area contributed by atoms with Gasteiger partial charge in [-0.15, -0.1) is 4.91 Å². The van der Waals surface area contributed by atoms with E-state index in [0.717, 1.165) is 0 Å². The fraction of sp³-hybridized carbons (Fsp3) is 0. The lowest BCUT2D eigenvalue weighted by molar-refractivity contribution is 1.29. The minimum Gasteiger partial charge on any atom is -0.231 e. The van der Waals surface area contributed by atoms with Crippen LogP contribution in [-0.4, -0.2) is 9.97 Å². The van der Waals surface area contributed by atoms with Crippen LogP contribution in [0.2, 0.25) is 10.3 Å². The number of halogens is 2. The predicted molar refractivity (Wildman–Crippen MR) is 55.0 cm³/mol. The van der Waals surface area contributed by atoms with Gasteiger partial charge >= 0.3 is 0 Å². The predicted octanol–water partition coefficient (Wildman–Crippen LogP) is 3.33. The number of aromatic nitrogens is 2. The molecule has 0 aliphatic heterocycles. The van der Waals surface area contributed by atoms with Crippen LogP contribution in [0, 0.1) is 4.91 Å². The van der Waals surface area contributed by atoms with E-state index in [4.69, 9.17) is 23.2 Å². The third-order valence-electron chi connectivity index (χ3n) is 1.67. The van der Waals surface area contributed by atoms with E-state index < -0.39 is 0 Å². The third-order valence-corrected chi connectivity index (χ3v) is 2.30. The van der Waals surface area contributed by atoms with Crippen LogP contribution in [0.25, 0.3) is 11.0 Å². The Morgan fingerprint density at radius 2 is 1.71 bits per heavy atom. The SMILES string of the molecule is O=Nc1ccc2nc(Cl)c(Cl)nc2c1. The first-order chi connectivity index (χ1) is 6.70. The number of benzene rings is 1. The van der Waals surface area contributed by atoms with E-state index in [1.54, 1.807) is 6.07 Å². The zero-order chi connectivity index (χ0) is 10.1. The Hall–Kier alpha value is -1.26. The molecular weight excluding hydrogens is 225 g/mol. The minimum atomic E-state index is 0.113. The lowest BCUT2D eigenvalue weighted by Crippen LogP contribution is -1.85. The van der Waals surface area contributed by atoms with Gasteiger partial charge in [-0.25, -0.2) is 9.97 Å². The summed E-state index contributed by atoms with van der Waals surface area (Å²) in [6, 6.07) is 4.65. The van der Waals surface area contributed by atoms with Gasteiger partial charge in [0.2, 0.25) is 0 Å². The summed E-state index contributed by atoms with van der Waals surface area (Å²) in [6.07, 6.45) is 0. The van der Waals surface area contributed by atoms with E-state index >= 15 is 0 Å². The standard InChI is InChI=1S/C8H3Cl2N3O/c9-7-8(10)12-6-3-4(13-14)1-2-5(6)11-7/h1-3H.